The first-order chi connectivity index (χ1) is 8.54. The van der Waals surface area contributed by atoms with E-state index in [1.54, 1.807) is 0 Å². The maximum atomic E-state index is 5.67. The van der Waals surface area contributed by atoms with Gasteiger partial charge in [-0.25, -0.2) is 0 Å². The molecule has 1 rings (SSSR count). The van der Waals surface area contributed by atoms with E-state index in [4.69, 9.17) is 18.0 Å². The van der Waals surface area contributed by atoms with Gasteiger partial charge in [-0.3, -0.25) is 4.90 Å². The summed E-state index contributed by atoms with van der Waals surface area (Å²) in [7, 11) is 0. The molecule has 1 saturated carbocycles. The highest BCUT2D eigenvalue weighted by Crippen LogP contribution is 2.31. The number of thiocarbonyl (C=S) groups is 1. The molecule has 3 heteroatoms. The Morgan fingerprint density at radius 3 is 2.56 bits per heavy atom. The molecule has 0 bridgehead atoms. The van der Waals surface area contributed by atoms with Gasteiger partial charge in [-0.15, -0.1) is 0 Å². The Balaban J connectivity index is 2.62. The van der Waals surface area contributed by atoms with Gasteiger partial charge in [0.2, 0.25) is 0 Å². The Hall–Kier alpha value is -0.150. The van der Waals surface area contributed by atoms with Crippen LogP contribution in [-0.2, 0) is 0 Å². The monoisotopic (exact) mass is 270 g/mol. The first-order valence-electron chi connectivity index (χ1n) is 7.57. The van der Waals surface area contributed by atoms with Crippen LogP contribution < -0.4 is 5.73 Å². The minimum Gasteiger partial charge on any atom is -0.393 e. The van der Waals surface area contributed by atoms with Crippen molar-refractivity contribution in [3.05, 3.63) is 0 Å². The third kappa shape index (κ3) is 5.23. The van der Waals surface area contributed by atoms with E-state index < -0.39 is 0 Å². The molecule has 0 aliphatic heterocycles. The minimum atomic E-state index is 0.660. The van der Waals surface area contributed by atoms with Gasteiger partial charge in [-0.1, -0.05) is 52.3 Å². The highest BCUT2D eigenvalue weighted by molar-refractivity contribution is 7.80. The Kier molecular flexibility index (Phi) is 7.16. The summed E-state index contributed by atoms with van der Waals surface area (Å²) in [6.45, 7) is 9.18. The molecule has 1 aliphatic rings. The number of hydrogen-bond donors (Lipinski definition) is 1. The first-order valence-corrected chi connectivity index (χ1v) is 7.97. The van der Waals surface area contributed by atoms with Crippen LogP contribution in [0.25, 0.3) is 0 Å². The molecule has 0 heterocycles. The van der Waals surface area contributed by atoms with Crippen LogP contribution in [-0.4, -0.2) is 29.0 Å². The van der Waals surface area contributed by atoms with Gasteiger partial charge >= 0.3 is 0 Å². The predicted molar refractivity (Wildman–Crippen MR) is 83.9 cm³/mol. The topological polar surface area (TPSA) is 29.3 Å². The van der Waals surface area contributed by atoms with E-state index in [9.17, 15) is 0 Å². The van der Waals surface area contributed by atoms with Crippen LogP contribution in [0.4, 0.5) is 0 Å². The van der Waals surface area contributed by atoms with Gasteiger partial charge in [0, 0.05) is 25.6 Å². The first kappa shape index (κ1) is 15.9. The van der Waals surface area contributed by atoms with Crippen molar-refractivity contribution in [1.29, 1.82) is 0 Å². The standard InChI is InChI=1S/C15H30N2S/c1-4-13-7-5-6-8-14(13)17(11-12(2)3)10-9-15(16)18/h12-14H,4-11H2,1-3H3,(H2,16,18). The van der Waals surface area contributed by atoms with Crippen molar-refractivity contribution in [2.24, 2.45) is 17.6 Å². The van der Waals surface area contributed by atoms with Crippen LogP contribution >= 0.6 is 12.2 Å². The minimum absolute atomic E-state index is 0.660. The smallest absolute Gasteiger partial charge is 0.0740 e. The summed E-state index contributed by atoms with van der Waals surface area (Å²) in [5, 5.41) is 0. The van der Waals surface area contributed by atoms with Crippen molar-refractivity contribution in [3.8, 4) is 0 Å². The molecule has 0 aromatic rings. The van der Waals surface area contributed by atoms with Crippen LogP contribution in [0.5, 0.6) is 0 Å². The molecule has 2 unspecified atom stereocenters. The SMILES string of the molecule is CCC1CCCCC1N(CCC(N)=S)CC(C)C. The molecule has 1 aliphatic carbocycles. The third-order valence-corrected chi connectivity index (χ3v) is 4.31. The largest absolute Gasteiger partial charge is 0.393 e. The molecule has 0 saturated heterocycles. The average Bonchev–Trinajstić information content (AvgIpc) is 2.33. The second-order valence-corrected chi connectivity index (χ2v) is 6.65. The summed E-state index contributed by atoms with van der Waals surface area (Å²) < 4.78 is 0. The lowest BCUT2D eigenvalue weighted by Crippen LogP contribution is -2.45. The molecule has 0 aromatic heterocycles. The molecule has 0 amide bonds. The second kappa shape index (κ2) is 8.11. The lowest BCUT2D eigenvalue weighted by Gasteiger charge is -2.40. The molecular weight excluding hydrogens is 240 g/mol. The Morgan fingerprint density at radius 2 is 2.00 bits per heavy atom. The fourth-order valence-corrected chi connectivity index (χ4v) is 3.35. The maximum absolute atomic E-state index is 5.67. The lowest BCUT2D eigenvalue weighted by molar-refractivity contribution is 0.0922. The second-order valence-electron chi connectivity index (χ2n) is 6.13. The zero-order chi connectivity index (χ0) is 13.5. The number of nitrogens with two attached hydrogens (primary N) is 1. The van der Waals surface area contributed by atoms with Gasteiger partial charge in [-0.2, -0.15) is 0 Å². The van der Waals surface area contributed by atoms with Gasteiger partial charge in [-0.05, 0) is 24.7 Å². The van der Waals surface area contributed by atoms with Gasteiger partial charge in [0.05, 0.1) is 4.99 Å². The molecule has 2 N–H and O–H groups in total. The van der Waals surface area contributed by atoms with E-state index >= 15 is 0 Å². The molecule has 1 fully saturated rings. The van der Waals surface area contributed by atoms with Crippen LogP contribution in [0.1, 0.15) is 59.3 Å². The predicted octanol–water partition coefficient (Wildman–Crippen LogP) is 3.59. The summed E-state index contributed by atoms with van der Waals surface area (Å²) in [4.78, 5) is 3.32. The molecule has 2 nitrogen and oxygen atoms in total. The van der Waals surface area contributed by atoms with Crippen molar-refractivity contribution in [3.63, 3.8) is 0 Å². The number of nitrogens with zero attached hydrogens (tertiary/aromatic N) is 1. The van der Waals surface area contributed by atoms with Gasteiger partial charge in [0.1, 0.15) is 0 Å². The van der Waals surface area contributed by atoms with Crippen molar-refractivity contribution >= 4 is 17.2 Å². The van der Waals surface area contributed by atoms with Crippen LogP contribution in [0.3, 0.4) is 0 Å². The third-order valence-electron chi connectivity index (χ3n) is 4.11. The highest BCUT2D eigenvalue weighted by atomic mass is 32.1. The van der Waals surface area contributed by atoms with E-state index in [1.807, 2.05) is 0 Å². The summed E-state index contributed by atoms with van der Waals surface area (Å²) >= 11 is 5.04. The Morgan fingerprint density at radius 1 is 1.33 bits per heavy atom. The van der Waals surface area contributed by atoms with Crippen molar-refractivity contribution in [2.45, 2.75) is 65.3 Å². The summed E-state index contributed by atoms with van der Waals surface area (Å²) in [6.07, 6.45) is 7.76. The zero-order valence-corrected chi connectivity index (χ0v) is 13.1. The molecule has 18 heavy (non-hydrogen) atoms. The molecule has 106 valence electrons. The van der Waals surface area contributed by atoms with Gasteiger partial charge < -0.3 is 5.73 Å². The maximum Gasteiger partial charge on any atom is 0.0740 e. The quantitative estimate of drug-likeness (QED) is 0.717. The fourth-order valence-electron chi connectivity index (χ4n) is 3.26. The van der Waals surface area contributed by atoms with Crippen LogP contribution in [0.15, 0.2) is 0 Å². The van der Waals surface area contributed by atoms with Crippen molar-refractivity contribution in [2.75, 3.05) is 13.1 Å². The molecule has 0 radical (unpaired) electrons. The summed E-state index contributed by atoms with van der Waals surface area (Å²) in [5.41, 5.74) is 5.67. The molecular formula is C15H30N2S. The van der Waals surface area contributed by atoms with Gasteiger partial charge in [0.25, 0.3) is 0 Å². The Bertz CT molecular complexity index is 253. The molecule has 2 atom stereocenters. The molecule has 0 aromatic carbocycles. The van der Waals surface area contributed by atoms with E-state index in [-0.39, 0.29) is 0 Å². The van der Waals surface area contributed by atoms with E-state index in [0.717, 1.165) is 30.8 Å². The fraction of sp³-hybridized carbons (Fsp3) is 0.933. The van der Waals surface area contributed by atoms with Crippen LogP contribution in [0.2, 0.25) is 0 Å². The average molecular weight is 270 g/mol. The van der Waals surface area contributed by atoms with E-state index in [0.29, 0.717) is 4.99 Å². The van der Waals surface area contributed by atoms with Gasteiger partial charge in [0.15, 0.2) is 0 Å². The van der Waals surface area contributed by atoms with Crippen molar-refractivity contribution < 1.29 is 0 Å². The number of rotatable bonds is 7. The Labute approximate surface area is 118 Å². The number of hydrogen-bond acceptors (Lipinski definition) is 2. The van der Waals surface area contributed by atoms with E-state index in [1.165, 1.54) is 38.6 Å². The molecule has 0 spiro atoms. The van der Waals surface area contributed by atoms with Crippen molar-refractivity contribution in [1.82, 2.24) is 4.90 Å². The summed E-state index contributed by atoms with van der Waals surface area (Å²) in [6, 6.07) is 0.764. The van der Waals surface area contributed by atoms with E-state index in [2.05, 4.69) is 25.7 Å². The van der Waals surface area contributed by atoms with Crippen LogP contribution in [0, 0.1) is 11.8 Å². The normalized spacial score (nSPS) is 24.7. The zero-order valence-electron chi connectivity index (χ0n) is 12.3. The highest BCUT2D eigenvalue weighted by Gasteiger charge is 2.28. The lowest BCUT2D eigenvalue weighted by atomic mass is 9.81. The summed E-state index contributed by atoms with van der Waals surface area (Å²) in [5.74, 6) is 1.60.